The lowest BCUT2D eigenvalue weighted by molar-refractivity contribution is 1.49. The Labute approximate surface area is 121 Å². The highest BCUT2D eigenvalue weighted by Gasteiger charge is 2.12. The van der Waals surface area contributed by atoms with Gasteiger partial charge in [0.1, 0.15) is 0 Å². The third-order valence-corrected chi connectivity index (χ3v) is 3.57. The average Bonchev–Trinajstić information content (AvgIpc) is 2.46. The second-order valence-corrected chi connectivity index (χ2v) is 4.82. The summed E-state index contributed by atoms with van der Waals surface area (Å²) in [5.41, 5.74) is 5.78. The van der Waals surface area contributed by atoms with Crippen molar-refractivity contribution < 1.29 is 0 Å². The lowest BCUT2D eigenvalue weighted by Crippen LogP contribution is -1.95. The van der Waals surface area contributed by atoms with Crippen LogP contribution in [0.1, 0.15) is 34.7 Å². The molecule has 0 saturated heterocycles. The molecule has 2 aromatic rings. The summed E-state index contributed by atoms with van der Waals surface area (Å²) < 4.78 is 0. The van der Waals surface area contributed by atoms with Crippen molar-refractivity contribution in [2.45, 2.75) is 13.8 Å². The molecule has 0 atom stereocenters. The van der Waals surface area contributed by atoms with Crippen LogP contribution in [-0.2, 0) is 0 Å². The molecule has 0 aliphatic rings. The molecule has 0 unspecified atom stereocenters. The Balaban J connectivity index is 3.12. The van der Waals surface area contributed by atoms with Crippen LogP contribution in [0.5, 0.6) is 0 Å². The van der Waals surface area contributed by atoms with Gasteiger partial charge in [0.05, 0.1) is 0 Å². The van der Waals surface area contributed by atoms with Crippen LogP contribution in [0.2, 0.25) is 0 Å². The molecule has 20 heavy (non-hydrogen) atoms. The zero-order valence-electron chi connectivity index (χ0n) is 12.2. The number of rotatable bonds is 4. The minimum absolute atomic E-state index is 1.10. The molecular weight excluding hydrogens is 240 g/mol. The fraction of sp³-hybridized carbons (Fsp3) is 0.100. The first-order valence-electron chi connectivity index (χ1n) is 6.78. The van der Waals surface area contributed by atoms with E-state index < -0.39 is 0 Å². The number of aryl methyl sites for hydroxylation is 1. The van der Waals surface area contributed by atoms with E-state index >= 15 is 0 Å². The lowest BCUT2D eigenvalue weighted by Gasteiger charge is -2.16. The lowest BCUT2D eigenvalue weighted by atomic mass is 9.88. The molecule has 0 radical (unpaired) electrons. The van der Waals surface area contributed by atoms with Gasteiger partial charge in [-0.1, -0.05) is 73.9 Å². The van der Waals surface area contributed by atoms with E-state index in [1.54, 1.807) is 0 Å². The van der Waals surface area contributed by atoms with Crippen molar-refractivity contribution in [1.29, 1.82) is 0 Å². The zero-order chi connectivity index (χ0) is 14.7. The normalized spacial score (nSPS) is 10.9. The summed E-state index contributed by atoms with van der Waals surface area (Å²) in [5.74, 6) is 0. The molecule has 0 heterocycles. The van der Waals surface area contributed by atoms with Crippen LogP contribution >= 0.6 is 0 Å². The summed E-state index contributed by atoms with van der Waals surface area (Å²) in [6.45, 7) is 16.0. The molecule has 0 aromatic heterocycles. The monoisotopic (exact) mass is 260 g/mol. The van der Waals surface area contributed by atoms with E-state index in [1.807, 2.05) is 25.2 Å². The first kappa shape index (κ1) is 14.1. The van der Waals surface area contributed by atoms with E-state index in [0.717, 1.165) is 16.7 Å². The third kappa shape index (κ3) is 2.14. The Morgan fingerprint density at radius 3 is 1.95 bits per heavy atom. The quantitative estimate of drug-likeness (QED) is 0.622. The van der Waals surface area contributed by atoms with Crippen molar-refractivity contribution in [3.05, 3.63) is 71.8 Å². The Morgan fingerprint density at radius 2 is 1.40 bits per heavy atom. The fourth-order valence-corrected chi connectivity index (χ4v) is 2.70. The van der Waals surface area contributed by atoms with E-state index in [9.17, 15) is 0 Å². The maximum Gasteiger partial charge on any atom is -0.00965 e. The Kier molecular flexibility index (Phi) is 4.05. The maximum absolute atomic E-state index is 3.97. The van der Waals surface area contributed by atoms with E-state index in [2.05, 4.69) is 57.0 Å². The smallest absolute Gasteiger partial charge is 0.00965 e. The largest absolute Gasteiger partial charge is 0.0984 e. The van der Waals surface area contributed by atoms with Gasteiger partial charge in [0.2, 0.25) is 0 Å². The second-order valence-electron chi connectivity index (χ2n) is 4.82. The minimum Gasteiger partial charge on any atom is -0.0984 e. The van der Waals surface area contributed by atoms with Crippen LogP contribution in [0.25, 0.3) is 35.1 Å². The summed E-state index contributed by atoms with van der Waals surface area (Å²) in [6, 6.07) is 6.52. The highest BCUT2D eigenvalue weighted by atomic mass is 14.2. The molecule has 0 amide bonds. The summed E-state index contributed by atoms with van der Waals surface area (Å²) in [5, 5.41) is 2.44. The number of fused-ring (bicyclic) bond motifs is 1. The summed E-state index contributed by atoms with van der Waals surface area (Å²) >= 11 is 0. The van der Waals surface area contributed by atoms with Gasteiger partial charge in [0.25, 0.3) is 0 Å². The molecule has 2 rings (SSSR count). The first-order chi connectivity index (χ1) is 9.67. The minimum atomic E-state index is 1.10. The van der Waals surface area contributed by atoms with E-state index in [-0.39, 0.29) is 0 Å². The topological polar surface area (TPSA) is 0 Å². The molecule has 0 heteroatoms. The predicted molar refractivity (Wildman–Crippen MR) is 93.7 cm³/mol. The van der Waals surface area contributed by atoms with E-state index in [0.29, 0.717) is 0 Å². The van der Waals surface area contributed by atoms with Gasteiger partial charge >= 0.3 is 0 Å². The van der Waals surface area contributed by atoms with Gasteiger partial charge < -0.3 is 0 Å². The van der Waals surface area contributed by atoms with Gasteiger partial charge in [0, 0.05) is 0 Å². The Hall–Kier alpha value is -2.34. The number of hydrogen-bond acceptors (Lipinski definition) is 0. The molecule has 2 aromatic carbocycles. The SMILES string of the molecule is C=Cc1c(C=C)c(/C=C\C)c2ccc(C)cc2c1C=C. The molecule has 0 nitrogen and oxygen atoms in total. The first-order valence-corrected chi connectivity index (χ1v) is 6.78. The van der Waals surface area contributed by atoms with Crippen LogP contribution < -0.4 is 0 Å². The van der Waals surface area contributed by atoms with Crippen molar-refractivity contribution in [3.8, 4) is 0 Å². The highest BCUT2D eigenvalue weighted by molar-refractivity contribution is 6.03. The predicted octanol–water partition coefficient (Wildman–Crippen LogP) is 6.11. The molecule has 0 spiro atoms. The van der Waals surface area contributed by atoms with Gasteiger partial charge in [-0.2, -0.15) is 0 Å². The van der Waals surface area contributed by atoms with Crippen LogP contribution in [0.15, 0.2) is 44.0 Å². The van der Waals surface area contributed by atoms with Crippen molar-refractivity contribution in [3.63, 3.8) is 0 Å². The molecule has 0 saturated carbocycles. The summed E-state index contributed by atoms with van der Waals surface area (Å²) in [4.78, 5) is 0. The van der Waals surface area contributed by atoms with E-state index in [4.69, 9.17) is 0 Å². The van der Waals surface area contributed by atoms with Crippen molar-refractivity contribution >= 4 is 35.1 Å². The summed E-state index contributed by atoms with van der Waals surface area (Å²) in [7, 11) is 0. The molecule has 0 N–H and O–H groups in total. The number of hydrogen-bond donors (Lipinski definition) is 0. The molecule has 0 aliphatic carbocycles. The molecule has 0 fully saturated rings. The van der Waals surface area contributed by atoms with Crippen LogP contribution in [0, 0.1) is 6.92 Å². The van der Waals surface area contributed by atoms with Gasteiger partial charge in [-0.3, -0.25) is 0 Å². The molecule has 0 aliphatic heterocycles. The maximum atomic E-state index is 3.97. The highest BCUT2D eigenvalue weighted by Crippen LogP contribution is 2.34. The summed E-state index contributed by atoms with van der Waals surface area (Å²) in [6.07, 6.45) is 9.89. The zero-order valence-corrected chi connectivity index (χ0v) is 12.2. The van der Waals surface area contributed by atoms with Gasteiger partial charge in [-0.15, -0.1) is 0 Å². The van der Waals surface area contributed by atoms with Crippen molar-refractivity contribution in [2.24, 2.45) is 0 Å². The number of allylic oxidation sites excluding steroid dienone is 1. The molecule has 100 valence electrons. The molecular formula is C20H20. The molecule has 0 bridgehead atoms. The number of benzene rings is 2. The van der Waals surface area contributed by atoms with Crippen LogP contribution in [0.4, 0.5) is 0 Å². The Bertz CT molecular complexity index is 728. The van der Waals surface area contributed by atoms with Gasteiger partial charge in [0.15, 0.2) is 0 Å². The Morgan fingerprint density at radius 1 is 0.800 bits per heavy atom. The van der Waals surface area contributed by atoms with E-state index in [1.165, 1.54) is 21.9 Å². The second kappa shape index (κ2) is 5.75. The van der Waals surface area contributed by atoms with Crippen LogP contribution in [0.3, 0.4) is 0 Å². The fourth-order valence-electron chi connectivity index (χ4n) is 2.70. The average molecular weight is 260 g/mol. The standard InChI is InChI=1S/C20H20/c1-6-10-18-16(8-3)15(7-2)17(9-4)20-13-14(5)11-12-19(18)20/h6-13H,2-4H2,1,5H3/b10-6-. The van der Waals surface area contributed by atoms with Crippen molar-refractivity contribution in [2.75, 3.05) is 0 Å². The van der Waals surface area contributed by atoms with Crippen LogP contribution in [-0.4, -0.2) is 0 Å². The van der Waals surface area contributed by atoms with Gasteiger partial charge in [-0.05, 0) is 46.9 Å². The van der Waals surface area contributed by atoms with Crippen molar-refractivity contribution in [1.82, 2.24) is 0 Å². The third-order valence-electron chi connectivity index (χ3n) is 3.57. The van der Waals surface area contributed by atoms with Gasteiger partial charge in [-0.25, -0.2) is 0 Å².